The maximum atomic E-state index is 13.4. The number of benzene rings is 2. The number of hydrogen-bond donors (Lipinski definition) is 2. The molecule has 1 aliphatic rings. The molecule has 1 atom stereocenters. The average Bonchev–Trinajstić information content (AvgIpc) is 3.42. The van der Waals surface area contributed by atoms with Crippen molar-refractivity contribution < 1.29 is 31.5 Å². The van der Waals surface area contributed by atoms with Crippen molar-refractivity contribution in [3.63, 3.8) is 0 Å². The Morgan fingerprint density at radius 2 is 1.81 bits per heavy atom. The number of alkyl halides is 3. The number of nitrogens with two attached hydrogens (primary N) is 1. The molecule has 1 aliphatic heterocycles. The standard InChI is InChI=1S/C30H29F4N5O3/c1-16(35)27-25(17(2)39-14-12-18(13-15-39)28(40)36-20-6-4-19(31)5-7-20)38-29(42-27)22-8-10-23(41-3)26-21(22)9-11-24(37-26)30(32,33)34/h4-11,16,18H,2,12-15,35H2,1,3H3,(H,36,40)/t16-/m0/s1. The number of hydrogen-bond acceptors (Lipinski definition) is 7. The molecule has 1 saturated heterocycles. The second kappa shape index (κ2) is 11.4. The van der Waals surface area contributed by atoms with Crippen molar-refractivity contribution in [3.8, 4) is 17.2 Å². The number of halogens is 4. The fourth-order valence-corrected chi connectivity index (χ4v) is 5.00. The van der Waals surface area contributed by atoms with E-state index < -0.39 is 17.9 Å². The van der Waals surface area contributed by atoms with E-state index in [1.165, 1.54) is 43.5 Å². The van der Waals surface area contributed by atoms with Gasteiger partial charge in [-0.05, 0) is 68.3 Å². The van der Waals surface area contributed by atoms with Gasteiger partial charge < -0.3 is 25.1 Å². The van der Waals surface area contributed by atoms with Crippen LogP contribution in [0.4, 0.5) is 23.2 Å². The first-order chi connectivity index (χ1) is 20.0. The van der Waals surface area contributed by atoms with E-state index in [0.717, 1.165) is 6.07 Å². The molecule has 0 spiro atoms. The van der Waals surface area contributed by atoms with Gasteiger partial charge in [0.2, 0.25) is 11.8 Å². The molecule has 12 heteroatoms. The van der Waals surface area contributed by atoms with Crippen LogP contribution < -0.4 is 15.8 Å². The van der Waals surface area contributed by atoms with Gasteiger partial charge in [-0.2, -0.15) is 13.2 Å². The molecule has 5 rings (SSSR count). The first kappa shape index (κ1) is 29.1. The Bertz CT molecular complexity index is 1620. The summed E-state index contributed by atoms with van der Waals surface area (Å²) in [5.41, 5.74) is 7.13. The smallest absolute Gasteiger partial charge is 0.433 e. The summed E-state index contributed by atoms with van der Waals surface area (Å²) in [6.07, 6.45) is -3.51. The molecule has 220 valence electrons. The lowest BCUT2D eigenvalue weighted by molar-refractivity contribution is -0.141. The van der Waals surface area contributed by atoms with E-state index in [-0.39, 0.29) is 34.8 Å². The molecular formula is C30H29F4N5O3. The van der Waals surface area contributed by atoms with Crippen molar-refractivity contribution in [2.24, 2.45) is 11.7 Å². The fourth-order valence-electron chi connectivity index (χ4n) is 5.00. The molecule has 3 heterocycles. The third-order valence-electron chi connectivity index (χ3n) is 7.26. The SMILES string of the molecule is C=C(c1nc(-c2ccc(OC)c3nc(C(F)(F)F)ccc23)oc1[C@H](C)N)N1CCC(C(=O)Nc2ccc(F)cc2)CC1. The Morgan fingerprint density at radius 1 is 1.12 bits per heavy atom. The summed E-state index contributed by atoms with van der Waals surface area (Å²) in [6.45, 7) is 7.01. The maximum absolute atomic E-state index is 13.4. The van der Waals surface area contributed by atoms with Crippen LogP contribution in [-0.4, -0.2) is 41.0 Å². The van der Waals surface area contributed by atoms with E-state index in [2.05, 4.69) is 21.9 Å². The average molecular weight is 584 g/mol. The largest absolute Gasteiger partial charge is 0.494 e. The summed E-state index contributed by atoms with van der Waals surface area (Å²) in [7, 11) is 1.35. The number of piperidine rings is 1. The molecule has 1 amide bonds. The van der Waals surface area contributed by atoms with E-state index in [1.807, 2.05) is 4.90 Å². The minimum atomic E-state index is -4.62. The van der Waals surface area contributed by atoms with Crippen LogP contribution in [0.2, 0.25) is 0 Å². The van der Waals surface area contributed by atoms with Crippen molar-refractivity contribution in [2.45, 2.75) is 32.0 Å². The predicted molar refractivity (Wildman–Crippen MR) is 150 cm³/mol. The number of amides is 1. The van der Waals surface area contributed by atoms with Gasteiger partial charge in [-0.1, -0.05) is 6.58 Å². The lowest BCUT2D eigenvalue weighted by Crippen LogP contribution is -2.37. The number of aromatic nitrogens is 2. The van der Waals surface area contributed by atoms with Gasteiger partial charge in [-0.3, -0.25) is 4.79 Å². The van der Waals surface area contributed by atoms with Gasteiger partial charge in [-0.25, -0.2) is 14.4 Å². The van der Waals surface area contributed by atoms with Gasteiger partial charge >= 0.3 is 6.18 Å². The van der Waals surface area contributed by atoms with E-state index >= 15 is 0 Å². The van der Waals surface area contributed by atoms with Crippen molar-refractivity contribution in [3.05, 3.63) is 78.1 Å². The topological polar surface area (TPSA) is 107 Å². The van der Waals surface area contributed by atoms with Crippen LogP contribution in [0.15, 0.2) is 59.5 Å². The molecular weight excluding hydrogens is 554 g/mol. The lowest BCUT2D eigenvalue weighted by atomic mass is 9.95. The van der Waals surface area contributed by atoms with Crippen LogP contribution in [-0.2, 0) is 11.0 Å². The highest BCUT2D eigenvalue weighted by molar-refractivity contribution is 5.96. The number of fused-ring (bicyclic) bond motifs is 1. The van der Waals surface area contributed by atoms with Crippen molar-refractivity contribution >= 4 is 28.2 Å². The molecule has 0 aliphatic carbocycles. The third kappa shape index (κ3) is 5.80. The predicted octanol–water partition coefficient (Wildman–Crippen LogP) is 6.40. The minimum Gasteiger partial charge on any atom is -0.494 e. The Morgan fingerprint density at radius 3 is 2.43 bits per heavy atom. The zero-order chi connectivity index (χ0) is 30.2. The normalized spacial score (nSPS) is 15.1. The Kier molecular flexibility index (Phi) is 7.91. The van der Waals surface area contributed by atoms with Crippen LogP contribution in [0.5, 0.6) is 5.75 Å². The number of carbonyl (C=O) groups excluding carboxylic acids is 1. The zero-order valence-electron chi connectivity index (χ0n) is 23.0. The number of ether oxygens (including phenoxy) is 1. The highest BCUT2D eigenvalue weighted by Gasteiger charge is 2.34. The van der Waals surface area contributed by atoms with Crippen molar-refractivity contribution in [2.75, 3.05) is 25.5 Å². The molecule has 4 aromatic rings. The Balaban J connectivity index is 1.38. The summed E-state index contributed by atoms with van der Waals surface area (Å²) in [4.78, 5) is 23.3. The van der Waals surface area contributed by atoms with Crippen LogP contribution in [0.1, 0.15) is 43.0 Å². The molecule has 3 N–H and O–H groups in total. The lowest BCUT2D eigenvalue weighted by Gasteiger charge is -2.33. The van der Waals surface area contributed by atoms with Crippen LogP contribution in [0.25, 0.3) is 28.1 Å². The zero-order valence-corrected chi connectivity index (χ0v) is 23.0. The Labute approximate surface area is 239 Å². The molecule has 42 heavy (non-hydrogen) atoms. The van der Waals surface area contributed by atoms with E-state index in [4.69, 9.17) is 14.9 Å². The van der Waals surface area contributed by atoms with E-state index in [1.54, 1.807) is 13.0 Å². The van der Waals surface area contributed by atoms with Gasteiger partial charge in [0.15, 0.2) is 5.76 Å². The Hall–Kier alpha value is -4.45. The van der Waals surface area contributed by atoms with E-state index in [9.17, 15) is 22.4 Å². The number of anilines is 1. The maximum Gasteiger partial charge on any atom is 0.433 e. The van der Waals surface area contributed by atoms with Crippen molar-refractivity contribution in [1.82, 2.24) is 14.9 Å². The molecule has 8 nitrogen and oxygen atoms in total. The number of nitrogens with one attached hydrogen (secondary N) is 1. The molecule has 0 unspecified atom stereocenters. The number of carbonyl (C=O) groups is 1. The quantitative estimate of drug-likeness (QED) is 0.243. The molecule has 2 aromatic heterocycles. The van der Waals surface area contributed by atoms with Gasteiger partial charge in [0.25, 0.3) is 0 Å². The van der Waals surface area contributed by atoms with Gasteiger partial charge in [0.05, 0.1) is 18.8 Å². The molecule has 0 saturated carbocycles. The second-order valence-corrected chi connectivity index (χ2v) is 10.1. The summed E-state index contributed by atoms with van der Waals surface area (Å²) in [6, 6.07) is 10.4. The van der Waals surface area contributed by atoms with Crippen LogP contribution in [0, 0.1) is 11.7 Å². The van der Waals surface area contributed by atoms with Gasteiger partial charge in [-0.15, -0.1) is 0 Å². The third-order valence-corrected chi connectivity index (χ3v) is 7.26. The van der Waals surface area contributed by atoms with E-state index in [0.29, 0.717) is 59.7 Å². The number of methoxy groups -OCH3 is 1. The molecule has 0 bridgehead atoms. The summed E-state index contributed by atoms with van der Waals surface area (Å²) in [5.74, 6) is -0.0550. The highest BCUT2D eigenvalue weighted by Crippen LogP contribution is 2.39. The van der Waals surface area contributed by atoms with Gasteiger partial charge in [0, 0.05) is 35.6 Å². The van der Waals surface area contributed by atoms with Gasteiger partial charge in [0.1, 0.15) is 28.5 Å². The summed E-state index contributed by atoms with van der Waals surface area (Å²) < 4.78 is 64.6. The number of likely N-dealkylation sites (tertiary alicyclic amines) is 1. The highest BCUT2D eigenvalue weighted by atomic mass is 19.4. The van der Waals surface area contributed by atoms with Crippen LogP contribution >= 0.6 is 0 Å². The first-order valence-corrected chi connectivity index (χ1v) is 13.3. The monoisotopic (exact) mass is 583 g/mol. The number of oxazole rings is 1. The summed E-state index contributed by atoms with van der Waals surface area (Å²) >= 11 is 0. The second-order valence-electron chi connectivity index (χ2n) is 10.1. The fraction of sp³-hybridized carbons (Fsp3) is 0.300. The summed E-state index contributed by atoms with van der Waals surface area (Å²) in [5, 5.41) is 3.19. The minimum absolute atomic E-state index is 0.0201. The molecule has 2 aromatic carbocycles. The molecule has 1 fully saturated rings. The first-order valence-electron chi connectivity index (χ1n) is 13.3. The number of rotatable bonds is 7. The number of nitrogens with zero attached hydrogens (tertiary/aromatic N) is 3. The number of pyridine rings is 1. The molecule has 0 radical (unpaired) electrons. The van der Waals surface area contributed by atoms with Crippen molar-refractivity contribution in [1.29, 1.82) is 0 Å². The van der Waals surface area contributed by atoms with Crippen LogP contribution in [0.3, 0.4) is 0 Å².